The van der Waals surface area contributed by atoms with Crippen LogP contribution >= 0.6 is 0 Å². The van der Waals surface area contributed by atoms with Crippen molar-refractivity contribution in [3.63, 3.8) is 0 Å². The van der Waals surface area contributed by atoms with Crippen molar-refractivity contribution in [3.05, 3.63) is 0 Å². The molecule has 1 amide bonds. The van der Waals surface area contributed by atoms with Gasteiger partial charge in [0.25, 0.3) is 0 Å². The number of alkyl carbamates (subject to hydrolysis) is 1. The standard InChI is InChI=1S/C9H14F3NO4/c1-7(2,3)17-6(16)13-8(4,5(14)15)9(10,11)12/h1-4H3,(H,13,16)(H,14,15). The number of carbonyl (C=O) groups is 2. The molecular weight excluding hydrogens is 243 g/mol. The average Bonchev–Trinajstić information content (AvgIpc) is 1.96. The SMILES string of the molecule is CC(C)(C)OC(=O)NC(C)(C(=O)O)C(F)(F)F. The Morgan fingerprint density at radius 1 is 1.12 bits per heavy atom. The molecule has 0 fully saturated rings. The average molecular weight is 257 g/mol. The largest absolute Gasteiger partial charge is 0.479 e. The predicted molar refractivity (Wildman–Crippen MR) is 51.5 cm³/mol. The number of hydrogen-bond donors (Lipinski definition) is 2. The van der Waals surface area contributed by atoms with E-state index in [9.17, 15) is 22.8 Å². The summed E-state index contributed by atoms with van der Waals surface area (Å²) in [5.41, 5.74) is -4.40. The monoisotopic (exact) mass is 257 g/mol. The fraction of sp³-hybridized carbons (Fsp3) is 0.778. The summed E-state index contributed by atoms with van der Waals surface area (Å²) >= 11 is 0. The second-order valence-corrected chi connectivity index (χ2v) is 4.55. The second-order valence-electron chi connectivity index (χ2n) is 4.55. The molecule has 2 N–H and O–H groups in total. The van der Waals surface area contributed by atoms with Crippen LogP contribution in [-0.4, -0.2) is 34.5 Å². The van der Waals surface area contributed by atoms with Crippen LogP contribution < -0.4 is 5.32 Å². The lowest BCUT2D eigenvalue weighted by Crippen LogP contribution is -2.62. The van der Waals surface area contributed by atoms with Crippen LogP contribution in [0, 0.1) is 0 Å². The Morgan fingerprint density at radius 3 is 1.76 bits per heavy atom. The summed E-state index contributed by atoms with van der Waals surface area (Å²) in [5, 5.41) is 9.83. The summed E-state index contributed by atoms with van der Waals surface area (Å²) in [5.74, 6) is -2.21. The van der Waals surface area contributed by atoms with E-state index >= 15 is 0 Å². The maximum atomic E-state index is 12.5. The topological polar surface area (TPSA) is 75.6 Å². The normalized spacial score (nSPS) is 15.9. The summed E-state index contributed by atoms with van der Waals surface area (Å²) < 4.78 is 42.1. The molecule has 17 heavy (non-hydrogen) atoms. The summed E-state index contributed by atoms with van der Waals surface area (Å²) in [6.45, 7) is 4.67. The minimum Gasteiger partial charge on any atom is -0.479 e. The lowest BCUT2D eigenvalue weighted by Gasteiger charge is -2.30. The van der Waals surface area contributed by atoms with Crippen molar-refractivity contribution in [2.75, 3.05) is 0 Å². The predicted octanol–water partition coefficient (Wildman–Crippen LogP) is 1.92. The van der Waals surface area contributed by atoms with Crippen LogP contribution in [0.2, 0.25) is 0 Å². The highest BCUT2D eigenvalue weighted by molar-refractivity contribution is 5.85. The highest BCUT2D eigenvalue weighted by Gasteiger charge is 2.59. The molecule has 8 heteroatoms. The van der Waals surface area contributed by atoms with Gasteiger partial charge in [-0.15, -0.1) is 0 Å². The maximum absolute atomic E-state index is 12.5. The van der Waals surface area contributed by atoms with Crippen molar-refractivity contribution in [1.29, 1.82) is 0 Å². The van der Waals surface area contributed by atoms with Crippen LogP contribution in [0.3, 0.4) is 0 Å². The molecule has 0 rings (SSSR count). The summed E-state index contributed by atoms with van der Waals surface area (Å²) in [6, 6.07) is 0. The third-order valence-electron chi connectivity index (χ3n) is 1.75. The molecule has 0 saturated carbocycles. The molecule has 0 spiro atoms. The van der Waals surface area contributed by atoms with Crippen molar-refractivity contribution in [3.8, 4) is 0 Å². The van der Waals surface area contributed by atoms with E-state index in [-0.39, 0.29) is 0 Å². The minimum atomic E-state index is -5.13. The van der Waals surface area contributed by atoms with Crippen LogP contribution in [0.25, 0.3) is 0 Å². The van der Waals surface area contributed by atoms with E-state index in [0.717, 1.165) is 0 Å². The molecule has 0 heterocycles. The number of hydrogen-bond acceptors (Lipinski definition) is 3. The van der Waals surface area contributed by atoms with Crippen LogP contribution in [0.5, 0.6) is 0 Å². The molecule has 1 atom stereocenters. The van der Waals surface area contributed by atoms with Crippen LogP contribution in [0.4, 0.5) is 18.0 Å². The van der Waals surface area contributed by atoms with Crippen molar-refractivity contribution in [2.24, 2.45) is 0 Å². The van der Waals surface area contributed by atoms with E-state index in [1.807, 2.05) is 0 Å². The van der Waals surface area contributed by atoms with Crippen LogP contribution in [0.1, 0.15) is 27.7 Å². The van der Waals surface area contributed by atoms with Crippen LogP contribution in [0.15, 0.2) is 0 Å². The Hall–Kier alpha value is -1.47. The fourth-order valence-corrected chi connectivity index (χ4v) is 0.753. The number of nitrogens with one attached hydrogen (secondary N) is 1. The smallest absolute Gasteiger partial charge is 0.422 e. The van der Waals surface area contributed by atoms with E-state index < -0.39 is 29.4 Å². The first-order valence-electron chi connectivity index (χ1n) is 4.61. The third kappa shape index (κ3) is 4.12. The molecule has 0 bridgehead atoms. The zero-order valence-electron chi connectivity index (χ0n) is 9.81. The maximum Gasteiger partial charge on any atom is 0.422 e. The molecule has 0 aliphatic heterocycles. The Balaban J connectivity index is 4.93. The summed E-state index contributed by atoms with van der Waals surface area (Å²) in [7, 11) is 0. The molecule has 0 saturated heterocycles. The van der Waals surface area contributed by atoms with Gasteiger partial charge in [-0.3, -0.25) is 5.32 Å². The molecule has 100 valence electrons. The van der Waals surface area contributed by atoms with Crippen molar-refractivity contribution < 1.29 is 32.6 Å². The molecule has 0 radical (unpaired) electrons. The van der Waals surface area contributed by atoms with Gasteiger partial charge in [-0.2, -0.15) is 13.2 Å². The number of amides is 1. The second kappa shape index (κ2) is 4.42. The number of carboxylic acid groups (broad SMARTS) is 1. The van der Waals surface area contributed by atoms with E-state index in [1.165, 1.54) is 26.1 Å². The quantitative estimate of drug-likeness (QED) is 0.792. The van der Waals surface area contributed by atoms with Gasteiger partial charge in [0, 0.05) is 0 Å². The van der Waals surface area contributed by atoms with Gasteiger partial charge in [0.05, 0.1) is 0 Å². The van der Waals surface area contributed by atoms with Crippen molar-refractivity contribution >= 4 is 12.1 Å². The molecule has 1 unspecified atom stereocenters. The van der Waals surface area contributed by atoms with Gasteiger partial charge in [-0.05, 0) is 27.7 Å². The Labute approximate surface area is 95.9 Å². The molecular formula is C9H14F3NO4. The molecule has 0 aromatic rings. The summed E-state index contributed by atoms with van der Waals surface area (Å²) in [4.78, 5) is 21.7. The van der Waals surface area contributed by atoms with E-state index in [1.54, 1.807) is 0 Å². The first kappa shape index (κ1) is 15.5. The van der Waals surface area contributed by atoms with Crippen molar-refractivity contribution in [2.45, 2.75) is 45.0 Å². The number of carbonyl (C=O) groups excluding carboxylic acids is 1. The third-order valence-corrected chi connectivity index (χ3v) is 1.75. The van der Waals surface area contributed by atoms with E-state index in [2.05, 4.69) is 4.74 Å². The molecule has 5 nitrogen and oxygen atoms in total. The lowest BCUT2D eigenvalue weighted by atomic mass is 10.0. The fourth-order valence-electron chi connectivity index (χ4n) is 0.753. The lowest BCUT2D eigenvalue weighted by molar-refractivity contribution is -0.204. The van der Waals surface area contributed by atoms with Gasteiger partial charge < -0.3 is 9.84 Å². The van der Waals surface area contributed by atoms with Gasteiger partial charge in [-0.1, -0.05) is 0 Å². The van der Waals surface area contributed by atoms with Gasteiger partial charge in [0.2, 0.25) is 5.54 Å². The molecule has 0 aromatic carbocycles. The Morgan fingerprint density at radius 2 is 1.53 bits per heavy atom. The molecule has 0 aliphatic carbocycles. The summed E-state index contributed by atoms with van der Waals surface area (Å²) in [6.07, 6.45) is -6.57. The Bertz CT molecular complexity index is 321. The van der Waals surface area contributed by atoms with Gasteiger partial charge in [0.15, 0.2) is 0 Å². The molecule has 0 aliphatic rings. The number of rotatable bonds is 2. The number of carboxylic acids is 1. The highest BCUT2D eigenvalue weighted by Crippen LogP contribution is 2.30. The minimum absolute atomic E-state index is 0.346. The van der Waals surface area contributed by atoms with Crippen LogP contribution in [-0.2, 0) is 9.53 Å². The number of halogens is 3. The first-order valence-corrected chi connectivity index (χ1v) is 4.61. The van der Waals surface area contributed by atoms with Gasteiger partial charge >= 0.3 is 18.2 Å². The van der Waals surface area contributed by atoms with Crippen molar-refractivity contribution in [1.82, 2.24) is 5.32 Å². The number of ether oxygens (including phenoxy) is 1. The van der Waals surface area contributed by atoms with E-state index in [4.69, 9.17) is 5.11 Å². The number of aliphatic carboxylic acids is 1. The highest BCUT2D eigenvalue weighted by atomic mass is 19.4. The molecule has 0 aromatic heterocycles. The zero-order valence-corrected chi connectivity index (χ0v) is 9.81. The van der Waals surface area contributed by atoms with Gasteiger partial charge in [0.1, 0.15) is 5.60 Å². The first-order chi connectivity index (χ1) is 7.29. The zero-order chi connectivity index (χ0) is 14.1. The van der Waals surface area contributed by atoms with E-state index in [0.29, 0.717) is 6.92 Å². The Kier molecular flexibility index (Phi) is 4.04. The number of alkyl halides is 3. The van der Waals surface area contributed by atoms with Gasteiger partial charge in [-0.25, -0.2) is 9.59 Å².